The smallest absolute Gasteiger partial charge is 0.335 e. The van der Waals surface area contributed by atoms with E-state index < -0.39 is 26.7 Å². The minimum atomic E-state index is -3.97. The molecule has 0 aliphatic carbocycles. The summed E-state index contributed by atoms with van der Waals surface area (Å²) in [5, 5.41) is 8.70. The first-order chi connectivity index (χ1) is 9.27. The Labute approximate surface area is 121 Å². The highest BCUT2D eigenvalue weighted by Gasteiger charge is 2.20. The molecule has 1 rings (SSSR count). The SMILES string of the molecule is CSCC(C)CNS(=O)(=O)c1ccc(C(=O)O)cc1F. The molecule has 1 atom stereocenters. The van der Waals surface area contributed by atoms with Crippen LogP contribution in [0, 0.1) is 11.7 Å². The molecular formula is C12H16FNO4S2. The lowest BCUT2D eigenvalue weighted by Gasteiger charge is -2.12. The number of halogens is 1. The maximum Gasteiger partial charge on any atom is 0.335 e. The van der Waals surface area contributed by atoms with Crippen LogP contribution in [-0.2, 0) is 10.0 Å². The van der Waals surface area contributed by atoms with Gasteiger partial charge in [-0.05, 0) is 36.1 Å². The van der Waals surface area contributed by atoms with Crippen LogP contribution in [0.4, 0.5) is 4.39 Å². The van der Waals surface area contributed by atoms with Gasteiger partial charge in [-0.25, -0.2) is 22.3 Å². The second-order valence-electron chi connectivity index (χ2n) is 4.36. The molecule has 2 N–H and O–H groups in total. The van der Waals surface area contributed by atoms with Gasteiger partial charge in [0.15, 0.2) is 0 Å². The summed E-state index contributed by atoms with van der Waals surface area (Å²) in [6.07, 6.45) is 1.91. The van der Waals surface area contributed by atoms with E-state index in [1.807, 2.05) is 13.2 Å². The molecule has 0 fully saturated rings. The number of benzene rings is 1. The molecule has 0 heterocycles. The molecule has 20 heavy (non-hydrogen) atoms. The topological polar surface area (TPSA) is 83.5 Å². The second-order valence-corrected chi connectivity index (χ2v) is 7.01. The third kappa shape index (κ3) is 4.46. The highest BCUT2D eigenvalue weighted by atomic mass is 32.2. The van der Waals surface area contributed by atoms with E-state index in [1.54, 1.807) is 11.8 Å². The molecule has 112 valence electrons. The van der Waals surface area contributed by atoms with Crippen LogP contribution in [0.5, 0.6) is 0 Å². The zero-order valence-electron chi connectivity index (χ0n) is 11.1. The number of rotatable bonds is 7. The molecule has 0 aliphatic rings. The predicted molar refractivity (Wildman–Crippen MR) is 76.1 cm³/mol. The van der Waals surface area contributed by atoms with Crippen molar-refractivity contribution in [2.24, 2.45) is 5.92 Å². The Morgan fingerprint density at radius 3 is 2.65 bits per heavy atom. The molecule has 1 aromatic rings. The summed E-state index contributed by atoms with van der Waals surface area (Å²) in [4.78, 5) is 10.1. The van der Waals surface area contributed by atoms with Gasteiger partial charge in [-0.15, -0.1) is 0 Å². The number of hydrogen-bond acceptors (Lipinski definition) is 4. The molecule has 0 spiro atoms. The molecule has 0 saturated carbocycles. The van der Waals surface area contributed by atoms with Crippen molar-refractivity contribution in [2.45, 2.75) is 11.8 Å². The Hall–Kier alpha value is -1.12. The molecule has 0 radical (unpaired) electrons. The largest absolute Gasteiger partial charge is 0.478 e. The number of carbonyl (C=O) groups is 1. The van der Waals surface area contributed by atoms with Crippen molar-refractivity contribution in [3.63, 3.8) is 0 Å². The van der Waals surface area contributed by atoms with Crippen LogP contribution in [0.2, 0.25) is 0 Å². The Bertz CT molecular complexity index is 589. The van der Waals surface area contributed by atoms with E-state index in [2.05, 4.69) is 4.72 Å². The average Bonchev–Trinajstić information content (AvgIpc) is 2.36. The third-order valence-electron chi connectivity index (χ3n) is 2.54. The van der Waals surface area contributed by atoms with Crippen LogP contribution in [0.25, 0.3) is 0 Å². The lowest BCUT2D eigenvalue weighted by Crippen LogP contribution is -2.30. The van der Waals surface area contributed by atoms with Crippen LogP contribution in [0.3, 0.4) is 0 Å². The minimum Gasteiger partial charge on any atom is -0.478 e. The summed E-state index contributed by atoms with van der Waals surface area (Å²) in [6.45, 7) is 2.08. The van der Waals surface area contributed by atoms with Gasteiger partial charge in [-0.2, -0.15) is 11.8 Å². The number of nitrogens with one attached hydrogen (secondary N) is 1. The number of carboxylic acid groups (broad SMARTS) is 1. The normalized spacial score (nSPS) is 13.2. The zero-order valence-corrected chi connectivity index (χ0v) is 12.7. The molecule has 0 aliphatic heterocycles. The summed E-state index contributed by atoms with van der Waals surface area (Å²) in [5.74, 6) is -1.49. The summed E-state index contributed by atoms with van der Waals surface area (Å²) in [6, 6.07) is 2.72. The van der Waals surface area contributed by atoms with Gasteiger partial charge in [-0.1, -0.05) is 6.92 Å². The van der Waals surface area contributed by atoms with Crippen molar-refractivity contribution in [3.8, 4) is 0 Å². The first-order valence-corrected chi connectivity index (χ1v) is 8.67. The van der Waals surface area contributed by atoms with E-state index in [9.17, 15) is 17.6 Å². The van der Waals surface area contributed by atoms with Crippen molar-refractivity contribution in [1.29, 1.82) is 0 Å². The molecule has 0 saturated heterocycles. The fourth-order valence-electron chi connectivity index (χ4n) is 1.52. The Morgan fingerprint density at radius 2 is 2.15 bits per heavy atom. The van der Waals surface area contributed by atoms with E-state index in [1.165, 1.54) is 0 Å². The van der Waals surface area contributed by atoms with Gasteiger partial charge in [0.25, 0.3) is 0 Å². The highest BCUT2D eigenvalue weighted by Crippen LogP contribution is 2.16. The molecule has 1 unspecified atom stereocenters. The zero-order chi connectivity index (χ0) is 15.3. The predicted octanol–water partition coefficient (Wildman–Crippen LogP) is 1.80. The van der Waals surface area contributed by atoms with Crippen molar-refractivity contribution < 1.29 is 22.7 Å². The summed E-state index contributed by atoms with van der Waals surface area (Å²) in [5.41, 5.74) is -0.294. The van der Waals surface area contributed by atoms with Crippen molar-refractivity contribution in [1.82, 2.24) is 4.72 Å². The number of hydrogen-bond donors (Lipinski definition) is 2. The van der Waals surface area contributed by atoms with Crippen LogP contribution >= 0.6 is 11.8 Å². The molecule has 0 aromatic heterocycles. The van der Waals surface area contributed by atoms with Crippen LogP contribution < -0.4 is 4.72 Å². The van der Waals surface area contributed by atoms with Gasteiger partial charge in [0, 0.05) is 6.54 Å². The molecular weight excluding hydrogens is 305 g/mol. The van der Waals surface area contributed by atoms with Crippen molar-refractivity contribution >= 4 is 27.8 Å². The summed E-state index contributed by atoms with van der Waals surface area (Å²) < 4.78 is 39.9. The van der Waals surface area contributed by atoms with Gasteiger partial charge in [0.05, 0.1) is 5.56 Å². The van der Waals surface area contributed by atoms with Crippen LogP contribution in [-0.4, -0.2) is 38.0 Å². The number of carboxylic acids is 1. The van der Waals surface area contributed by atoms with E-state index in [0.717, 1.165) is 17.9 Å². The maximum absolute atomic E-state index is 13.7. The van der Waals surface area contributed by atoms with Crippen molar-refractivity contribution in [2.75, 3.05) is 18.6 Å². The van der Waals surface area contributed by atoms with Crippen LogP contribution in [0.1, 0.15) is 17.3 Å². The first-order valence-electron chi connectivity index (χ1n) is 5.79. The maximum atomic E-state index is 13.7. The Morgan fingerprint density at radius 1 is 1.50 bits per heavy atom. The number of sulfonamides is 1. The van der Waals surface area contributed by atoms with E-state index in [0.29, 0.717) is 6.07 Å². The Balaban J connectivity index is 2.90. The second kappa shape index (κ2) is 7.05. The standard InChI is InChI=1S/C12H16FNO4S2/c1-8(7-19-2)6-14-20(17,18)11-4-3-9(12(15)16)5-10(11)13/h3-5,8,14H,6-7H2,1-2H3,(H,15,16). The van der Waals surface area contributed by atoms with Gasteiger partial charge >= 0.3 is 5.97 Å². The first kappa shape index (κ1) is 16.9. The van der Waals surface area contributed by atoms with E-state index in [4.69, 9.17) is 5.11 Å². The van der Waals surface area contributed by atoms with E-state index in [-0.39, 0.29) is 18.0 Å². The summed E-state index contributed by atoms with van der Waals surface area (Å²) >= 11 is 1.59. The highest BCUT2D eigenvalue weighted by molar-refractivity contribution is 7.98. The Kier molecular flexibility index (Phi) is 5.97. The molecule has 5 nitrogen and oxygen atoms in total. The van der Waals surface area contributed by atoms with Crippen LogP contribution in [0.15, 0.2) is 23.1 Å². The fraction of sp³-hybridized carbons (Fsp3) is 0.417. The quantitative estimate of drug-likeness (QED) is 0.800. The molecule has 1 aromatic carbocycles. The lowest BCUT2D eigenvalue weighted by molar-refractivity contribution is 0.0696. The third-order valence-corrected chi connectivity index (χ3v) is 4.90. The number of thioether (sulfide) groups is 1. The summed E-state index contributed by atoms with van der Waals surface area (Å²) in [7, 11) is -3.97. The molecule has 0 bridgehead atoms. The monoisotopic (exact) mass is 321 g/mol. The molecule has 8 heteroatoms. The lowest BCUT2D eigenvalue weighted by atomic mass is 10.2. The van der Waals surface area contributed by atoms with Gasteiger partial charge < -0.3 is 5.11 Å². The van der Waals surface area contributed by atoms with Gasteiger partial charge in [0.2, 0.25) is 10.0 Å². The van der Waals surface area contributed by atoms with Gasteiger partial charge in [0.1, 0.15) is 10.7 Å². The number of aromatic carboxylic acids is 1. The molecule has 0 amide bonds. The minimum absolute atomic E-state index is 0.112. The van der Waals surface area contributed by atoms with Gasteiger partial charge in [-0.3, -0.25) is 0 Å². The fourth-order valence-corrected chi connectivity index (χ4v) is 3.43. The average molecular weight is 321 g/mol. The van der Waals surface area contributed by atoms with E-state index >= 15 is 0 Å². The van der Waals surface area contributed by atoms with Crippen molar-refractivity contribution in [3.05, 3.63) is 29.6 Å².